The summed E-state index contributed by atoms with van der Waals surface area (Å²) in [4.78, 5) is 10.9. The van der Waals surface area contributed by atoms with Crippen LogP contribution in [-0.4, -0.2) is 33.9 Å². The molecule has 0 fully saturated rings. The molecule has 0 spiro atoms. The van der Waals surface area contributed by atoms with Gasteiger partial charge < -0.3 is 14.0 Å². The molecule has 0 saturated heterocycles. The van der Waals surface area contributed by atoms with Gasteiger partial charge in [0.2, 0.25) is 0 Å². The van der Waals surface area contributed by atoms with Crippen LogP contribution in [0.2, 0.25) is 18.1 Å². The Kier molecular flexibility index (Phi) is 5.96. The summed E-state index contributed by atoms with van der Waals surface area (Å²) in [6, 6.07) is 0. The zero-order chi connectivity index (χ0) is 14.5. The summed E-state index contributed by atoms with van der Waals surface area (Å²) >= 11 is 0. The van der Waals surface area contributed by atoms with Crippen LogP contribution < -0.4 is 0 Å². The Hall–Kier alpha value is -0.453. The predicted molar refractivity (Wildman–Crippen MR) is 80.9 cm³/mol. The van der Waals surface area contributed by atoms with Gasteiger partial charge in [-0.25, -0.2) is 0 Å². The standard InChI is InChI=1S/C15H28O3Si/c1-15(2,3)19(4,5)18-14(6-9-16)12-13-7-10-17-11-8-13/h7,9,14H,6,8,10-12H2,1-5H3/t14-/m0/s1. The fraction of sp³-hybridized carbons (Fsp3) is 0.800. The Morgan fingerprint density at radius 1 is 1.47 bits per heavy atom. The van der Waals surface area contributed by atoms with E-state index in [1.54, 1.807) is 0 Å². The summed E-state index contributed by atoms with van der Waals surface area (Å²) < 4.78 is 11.7. The maximum absolute atomic E-state index is 10.9. The van der Waals surface area contributed by atoms with Gasteiger partial charge in [-0.15, -0.1) is 0 Å². The van der Waals surface area contributed by atoms with Crippen LogP contribution in [0.5, 0.6) is 0 Å². The molecule has 0 aromatic rings. The Morgan fingerprint density at radius 3 is 2.63 bits per heavy atom. The largest absolute Gasteiger partial charge is 0.413 e. The number of aldehydes is 1. The Balaban J connectivity index is 2.67. The van der Waals surface area contributed by atoms with Gasteiger partial charge in [-0.05, 0) is 31.0 Å². The lowest BCUT2D eigenvalue weighted by Gasteiger charge is -2.39. The van der Waals surface area contributed by atoms with E-state index in [9.17, 15) is 4.79 Å². The minimum atomic E-state index is -1.81. The highest BCUT2D eigenvalue weighted by Gasteiger charge is 2.39. The van der Waals surface area contributed by atoms with Crippen LogP contribution in [0.3, 0.4) is 0 Å². The van der Waals surface area contributed by atoms with E-state index >= 15 is 0 Å². The maximum Gasteiger partial charge on any atom is 0.192 e. The second-order valence-electron chi connectivity index (χ2n) is 6.79. The number of hydrogen-bond donors (Lipinski definition) is 0. The second kappa shape index (κ2) is 6.82. The highest BCUT2D eigenvalue weighted by atomic mass is 28.4. The van der Waals surface area contributed by atoms with Crippen molar-refractivity contribution in [2.45, 2.75) is 64.3 Å². The number of ether oxygens (including phenoxy) is 1. The van der Waals surface area contributed by atoms with Gasteiger partial charge in [0, 0.05) is 6.42 Å². The first kappa shape index (κ1) is 16.6. The van der Waals surface area contributed by atoms with E-state index in [4.69, 9.17) is 9.16 Å². The fourth-order valence-corrected chi connectivity index (χ4v) is 3.28. The van der Waals surface area contributed by atoms with E-state index in [1.165, 1.54) is 5.57 Å². The van der Waals surface area contributed by atoms with Crippen LogP contribution in [0.25, 0.3) is 0 Å². The van der Waals surface area contributed by atoms with Crippen molar-refractivity contribution in [3.63, 3.8) is 0 Å². The van der Waals surface area contributed by atoms with E-state index in [1.807, 2.05) is 0 Å². The molecule has 1 aliphatic heterocycles. The topological polar surface area (TPSA) is 35.5 Å². The lowest BCUT2D eigenvalue weighted by Crippen LogP contribution is -2.44. The summed E-state index contributed by atoms with van der Waals surface area (Å²) in [5.74, 6) is 0. The number of rotatable bonds is 6. The first-order chi connectivity index (χ1) is 8.76. The van der Waals surface area contributed by atoms with Gasteiger partial charge in [-0.1, -0.05) is 32.4 Å². The molecule has 110 valence electrons. The second-order valence-corrected chi connectivity index (χ2v) is 11.6. The molecule has 0 aromatic heterocycles. The zero-order valence-electron chi connectivity index (χ0n) is 13.0. The summed E-state index contributed by atoms with van der Waals surface area (Å²) in [6.45, 7) is 12.6. The maximum atomic E-state index is 10.9. The molecule has 0 bridgehead atoms. The molecule has 0 unspecified atom stereocenters. The molecule has 4 heteroatoms. The highest BCUT2D eigenvalue weighted by molar-refractivity contribution is 6.74. The number of carbonyl (C=O) groups excluding carboxylic acids is 1. The van der Waals surface area contributed by atoms with Gasteiger partial charge in [0.1, 0.15) is 6.29 Å². The average molecular weight is 284 g/mol. The summed E-state index contributed by atoms with van der Waals surface area (Å²) in [7, 11) is -1.81. The van der Waals surface area contributed by atoms with Crippen molar-refractivity contribution < 1.29 is 14.0 Å². The molecule has 0 N–H and O–H groups in total. The SMILES string of the molecule is CC(C)(C)[Si](C)(C)O[C@@H](CC=O)CC1=CCOCC1. The molecule has 0 aromatic carbocycles. The zero-order valence-corrected chi connectivity index (χ0v) is 14.0. The predicted octanol–water partition coefficient (Wildman–Crippen LogP) is 3.70. The summed E-state index contributed by atoms with van der Waals surface area (Å²) in [5, 5.41) is 0.179. The van der Waals surface area contributed by atoms with E-state index in [0.717, 1.165) is 25.7 Å². The van der Waals surface area contributed by atoms with Crippen LogP contribution in [-0.2, 0) is 14.0 Å². The summed E-state index contributed by atoms with van der Waals surface area (Å²) in [5.41, 5.74) is 1.37. The fourth-order valence-electron chi connectivity index (χ4n) is 1.92. The van der Waals surface area contributed by atoms with Crippen LogP contribution in [0.4, 0.5) is 0 Å². The van der Waals surface area contributed by atoms with E-state index in [0.29, 0.717) is 13.0 Å². The highest BCUT2D eigenvalue weighted by Crippen LogP contribution is 2.38. The van der Waals surface area contributed by atoms with Crippen molar-refractivity contribution in [1.29, 1.82) is 0 Å². The molecule has 1 rings (SSSR count). The normalized spacial score (nSPS) is 18.9. The first-order valence-electron chi connectivity index (χ1n) is 7.13. The van der Waals surface area contributed by atoms with Crippen molar-refractivity contribution in [1.82, 2.24) is 0 Å². The first-order valence-corrected chi connectivity index (χ1v) is 10.0. The molecule has 0 saturated carbocycles. The quantitative estimate of drug-likeness (QED) is 0.424. The van der Waals surface area contributed by atoms with Crippen LogP contribution in [0, 0.1) is 0 Å². The molecule has 0 amide bonds. The number of carbonyl (C=O) groups is 1. The molecule has 0 aliphatic carbocycles. The molecular formula is C15H28O3Si. The van der Waals surface area contributed by atoms with Crippen molar-refractivity contribution in [3.8, 4) is 0 Å². The van der Waals surface area contributed by atoms with E-state index < -0.39 is 8.32 Å². The average Bonchev–Trinajstić information content (AvgIpc) is 2.28. The van der Waals surface area contributed by atoms with Gasteiger partial charge in [0.25, 0.3) is 0 Å². The Morgan fingerprint density at radius 2 is 2.16 bits per heavy atom. The van der Waals surface area contributed by atoms with Gasteiger partial charge in [0.05, 0.1) is 19.3 Å². The number of hydrogen-bond acceptors (Lipinski definition) is 3. The summed E-state index contributed by atoms with van der Waals surface area (Å²) in [6.07, 6.45) is 5.48. The Bertz CT molecular complexity index is 329. The Labute approximate surface area is 118 Å². The van der Waals surface area contributed by atoms with Crippen molar-refractivity contribution in [2.75, 3.05) is 13.2 Å². The van der Waals surface area contributed by atoms with Gasteiger partial charge in [-0.2, -0.15) is 0 Å². The van der Waals surface area contributed by atoms with Crippen molar-refractivity contribution >= 4 is 14.6 Å². The van der Waals surface area contributed by atoms with Crippen molar-refractivity contribution in [2.24, 2.45) is 0 Å². The molecular weight excluding hydrogens is 256 g/mol. The lowest BCUT2D eigenvalue weighted by molar-refractivity contribution is -0.109. The van der Waals surface area contributed by atoms with Crippen LogP contribution in [0.1, 0.15) is 40.0 Å². The van der Waals surface area contributed by atoms with E-state index in [2.05, 4.69) is 39.9 Å². The molecule has 1 aliphatic rings. The monoisotopic (exact) mass is 284 g/mol. The van der Waals surface area contributed by atoms with E-state index in [-0.39, 0.29) is 11.1 Å². The van der Waals surface area contributed by atoms with Gasteiger partial charge in [0.15, 0.2) is 8.32 Å². The molecule has 0 radical (unpaired) electrons. The molecule has 3 nitrogen and oxygen atoms in total. The third kappa shape index (κ3) is 5.20. The third-order valence-electron chi connectivity index (χ3n) is 4.17. The minimum Gasteiger partial charge on any atom is -0.413 e. The lowest BCUT2D eigenvalue weighted by atomic mass is 10.0. The van der Waals surface area contributed by atoms with Gasteiger partial charge in [-0.3, -0.25) is 0 Å². The van der Waals surface area contributed by atoms with Crippen molar-refractivity contribution in [3.05, 3.63) is 11.6 Å². The molecule has 1 atom stereocenters. The smallest absolute Gasteiger partial charge is 0.192 e. The van der Waals surface area contributed by atoms with Crippen LogP contribution in [0.15, 0.2) is 11.6 Å². The van der Waals surface area contributed by atoms with Crippen LogP contribution >= 0.6 is 0 Å². The third-order valence-corrected chi connectivity index (χ3v) is 8.71. The molecule has 1 heterocycles. The molecule has 19 heavy (non-hydrogen) atoms. The van der Waals surface area contributed by atoms with Gasteiger partial charge >= 0.3 is 0 Å². The minimum absolute atomic E-state index is 0.0303.